The van der Waals surface area contributed by atoms with Crippen LogP contribution < -0.4 is 5.32 Å². The maximum absolute atomic E-state index is 5.33. The van der Waals surface area contributed by atoms with Gasteiger partial charge in [-0.3, -0.25) is 0 Å². The largest absolute Gasteiger partial charge is 0.384 e. The summed E-state index contributed by atoms with van der Waals surface area (Å²) in [6.45, 7) is 3.15. The molecule has 0 saturated carbocycles. The van der Waals surface area contributed by atoms with Crippen LogP contribution in [0, 0.1) is 0 Å². The molecule has 70 valence electrons. The molecule has 2 heteroatoms. The van der Waals surface area contributed by atoms with E-state index in [1.807, 2.05) is 0 Å². The molecule has 1 N–H and O–H groups in total. The molecule has 0 spiro atoms. The van der Waals surface area contributed by atoms with Crippen molar-refractivity contribution in [3.8, 4) is 0 Å². The summed E-state index contributed by atoms with van der Waals surface area (Å²) in [6.07, 6.45) is 1.33. The van der Waals surface area contributed by atoms with Crippen LogP contribution in [0.2, 0.25) is 0 Å². The van der Waals surface area contributed by atoms with Gasteiger partial charge in [-0.25, -0.2) is 0 Å². The molecule has 13 heavy (non-hydrogen) atoms. The molecular weight excluding hydrogens is 162 g/mol. The number of anilines is 1. The van der Waals surface area contributed by atoms with Crippen LogP contribution in [0.15, 0.2) is 18.2 Å². The first-order chi connectivity index (χ1) is 6.33. The number of fused-ring (bicyclic) bond motifs is 1. The maximum Gasteiger partial charge on any atom is 0.0796 e. The van der Waals surface area contributed by atoms with E-state index >= 15 is 0 Å². The summed E-state index contributed by atoms with van der Waals surface area (Å²) in [5, 5.41) is 3.36. The summed E-state index contributed by atoms with van der Waals surface area (Å²) < 4.78 is 5.33. The zero-order valence-corrected chi connectivity index (χ0v) is 8.13. The molecule has 1 aliphatic heterocycles. The summed E-state index contributed by atoms with van der Waals surface area (Å²) in [4.78, 5) is 0. The molecule has 1 aromatic carbocycles. The first-order valence-electron chi connectivity index (χ1n) is 4.71. The van der Waals surface area contributed by atoms with Crippen LogP contribution in [0.25, 0.3) is 0 Å². The molecule has 1 heterocycles. The smallest absolute Gasteiger partial charge is 0.0796 e. The third kappa shape index (κ3) is 1.42. The van der Waals surface area contributed by atoms with Gasteiger partial charge in [0.15, 0.2) is 0 Å². The molecule has 0 amide bonds. The third-order valence-corrected chi connectivity index (χ3v) is 2.69. The number of ether oxygens (including phenoxy) is 1. The number of nitrogens with one attached hydrogen (secondary N) is 1. The van der Waals surface area contributed by atoms with E-state index in [1.165, 1.54) is 16.8 Å². The van der Waals surface area contributed by atoms with Crippen molar-refractivity contribution >= 4 is 5.69 Å². The van der Waals surface area contributed by atoms with Crippen LogP contribution in [-0.2, 0) is 11.2 Å². The van der Waals surface area contributed by atoms with Gasteiger partial charge in [0.1, 0.15) is 0 Å². The molecule has 0 saturated heterocycles. The molecule has 1 unspecified atom stereocenters. The minimum absolute atomic E-state index is 0.204. The lowest BCUT2D eigenvalue weighted by molar-refractivity contribution is 0.119. The van der Waals surface area contributed by atoms with Crippen molar-refractivity contribution in [3.63, 3.8) is 0 Å². The van der Waals surface area contributed by atoms with Gasteiger partial charge in [0.05, 0.1) is 6.10 Å². The Bertz CT molecular complexity index is 309. The first-order valence-corrected chi connectivity index (χ1v) is 4.71. The van der Waals surface area contributed by atoms with Crippen LogP contribution in [0.4, 0.5) is 5.69 Å². The van der Waals surface area contributed by atoms with Crippen LogP contribution in [0.3, 0.4) is 0 Å². The average Bonchev–Trinajstić information content (AvgIpc) is 2.63. The van der Waals surface area contributed by atoms with E-state index in [0.717, 1.165) is 13.0 Å². The lowest BCUT2D eigenvalue weighted by Gasteiger charge is -2.13. The second kappa shape index (κ2) is 3.38. The summed E-state index contributed by atoms with van der Waals surface area (Å²) in [6, 6.07) is 6.37. The van der Waals surface area contributed by atoms with Gasteiger partial charge in [0.2, 0.25) is 0 Å². The van der Waals surface area contributed by atoms with E-state index < -0.39 is 0 Å². The highest BCUT2D eigenvalue weighted by Gasteiger charge is 2.16. The fourth-order valence-electron chi connectivity index (χ4n) is 1.88. The molecule has 2 rings (SSSR count). The molecule has 0 aliphatic carbocycles. The zero-order valence-electron chi connectivity index (χ0n) is 8.13. The first kappa shape index (κ1) is 8.57. The van der Waals surface area contributed by atoms with Crippen molar-refractivity contribution in [1.82, 2.24) is 0 Å². The van der Waals surface area contributed by atoms with E-state index in [9.17, 15) is 0 Å². The number of hydrogen-bond donors (Lipinski definition) is 1. The van der Waals surface area contributed by atoms with Gasteiger partial charge in [-0.2, -0.15) is 0 Å². The fourth-order valence-corrected chi connectivity index (χ4v) is 1.88. The zero-order chi connectivity index (χ0) is 9.26. The normalized spacial score (nSPS) is 16.5. The average molecular weight is 177 g/mol. The van der Waals surface area contributed by atoms with Crippen LogP contribution in [0.5, 0.6) is 0 Å². The fraction of sp³-hybridized carbons (Fsp3) is 0.455. The van der Waals surface area contributed by atoms with Gasteiger partial charge in [-0.1, -0.05) is 12.1 Å². The summed E-state index contributed by atoms with van der Waals surface area (Å²) in [5.41, 5.74) is 4.03. The molecule has 0 radical (unpaired) electrons. The van der Waals surface area contributed by atoms with E-state index in [0.29, 0.717) is 0 Å². The van der Waals surface area contributed by atoms with Crippen molar-refractivity contribution in [2.75, 3.05) is 19.0 Å². The van der Waals surface area contributed by atoms with Gasteiger partial charge in [0, 0.05) is 19.3 Å². The standard InChI is InChI=1S/C11H15NO/c1-8(13-2)9-4-3-5-11-10(9)6-7-12-11/h3-5,8,12H,6-7H2,1-2H3. The molecule has 0 fully saturated rings. The van der Waals surface area contributed by atoms with Gasteiger partial charge < -0.3 is 10.1 Å². The lowest BCUT2D eigenvalue weighted by atomic mass is 10.0. The topological polar surface area (TPSA) is 21.3 Å². The van der Waals surface area contributed by atoms with Gasteiger partial charge in [-0.05, 0) is 30.5 Å². The SMILES string of the molecule is COC(C)c1cccc2c1CCN2. The second-order valence-corrected chi connectivity index (χ2v) is 3.43. The molecule has 0 bridgehead atoms. The number of rotatable bonds is 2. The van der Waals surface area contributed by atoms with E-state index in [1.54, 1.807) is 7.11 Å². The molecular formula is C11H15NO. The summed E-state index contributed by atoms with van der Waals surface area (Å²) in [7, 11) is 1.76. The van der Waals surface area contributed by atoms with Crippen LogP contribution >= 0.6 is 0 Å². The second-order valence-electron chi connectivity index (χ2n) is 3.43. The highest BCUT2D eigenvalue weighted by Crippen LogP contribution is 2.30. The number of methoxy groups -OCH3 is 1. The third-order valence-electron chi connectivity index (χ3n) is 2.69. The summed E-state index contributed by atoms with van der Waals surface area (Å²) >= 11 is 0. The summed E-state index contributed by atoms with van der Waals surface area (Å²) in [5.74, 6) is 0. The molecule has 1 aliphatic rings. The van der Waals surface area contributed by atoms with Gasteiger partial charge in [0.25, 0.3) is 0 Å². The monoisotopic (exact) mass is 177 g/mol. The Morgan fingerprint density at radius 2 is 2.31 bits per heavy atom. The van der Waals surface area contributed by atoms with E-state index in [2.05, 4.69) is 30.4 Å². The highest BCUT2D eigenvalue weighted by molar-refractivity contribution is 5.58. The Morgan fingerprint density at radius 3 is 3.08 bits per heavy atom. The van der Waals surface area contributed by atoms with Gasteiger partial charge >= 0.3 is 0 Å². The van der Waals surface area contributed by atoms with E-state index in [4.69, 9.17) is 4.74 Å². The van der Waals surface area contributed by atoms with Crippen molar-refractivity contribution in [2.24, 2.45) is 0 Å². The molecule has 2 nitrogen and oxygen atoms in total. The number of hydrogen-bond acceptors (Lipinski definition) is 2. The predicted octanol–water partition coefficient (Wildman–Crippen LogP) is 2.36. The van der Waals surface area contributed by atoms with Crippen molar-refractivity contribution in [1.29, 1.82) is 0 Å². The molecule has 0 aromatic heterocycles. The van der Waals surface area contributed by atoms with Crippen LogP contribution in [-0.4, -0.2) is 13.7 Å². The lowest BCUT2D eigenvalue weighted by Crippen LogP contribution is -1.99. The molecule has 1 aromatic rings. The van der Waals surface area contributed by atoms with E-state index in [-0.39, 0.29) is 6.10 Å². The van der Waals surface area contributed by atoms with Crippen molar-refractivity contribution in [3.05, 3.63) is 29.3 Å². The van der Waals surface area contributed by atoms with Crippen LogP contribution in [0.1, 0.15) is 24.2 Å². The van der Waals surface area contributed by atoms with Gasteiger partial charge in [-0.15, -0.1) is 0 Å². The Hall–Kier alpha value is -1.02. The Morgan fingerprint density at radius 1 is 1.46 bits per heavy atom. The minimum atomic E-state index is 0.204. The van der Waals surface area contributed by atoms with Crippen molar-refractivity contribution in [2.45, 2.75) is 19.4 Å². The Balaban J connectivity index is 2.41. The molecule has 1 atom stereocenters. The minimum Gasteiger partial charge on any atom is -0.384 e. The quantitative estimate of drug-likeness (QED) is 0.748. The predicted molar refractivity (Wildman–Crippen MR) is 54.1 cm³/mol. The van der Waals surface area contributed by atoms with Crippen molar-refractivity contribution < 1.29 is 4.74 Å². The maximum atomic E-state index is 5.33. The Kier molecular flexibility index (Phi) is 2.23. The number of benzene rings is 1. The highest BCUT2D eigenvalue weighted by atomic mass is 16.5. The Labute approximate surface area is 78.9 Å².